The molecule has 1 atom stereocenters. The fourth-order valence-corrected chi connectivity index (χ4v) is 7.33. The second kappa shape index (κ2) is 7.93. The molecular formula is C20H27ClNO2P. The number of carboxylic acids is 1. The van der Waals surface area contributed by atoms with Crippen molar-refractivity contribution < 1.29 is 9.90 Å². The number of aliphatic carboxylic acids is 1. The van der Waals surface area contributed by atoms with Gasteiger partial charge in [0.05, 0.1) is 5.57 Å². The molecule has 136 valence electrons. The second-order valence-corrected chi connectivity index (χ2v) is 10.8. The van der Waals surface area contributed by atoms with Gasteiger partial charge in [-0.25, -0.2) is 4.79 Å². The topological polar surface area (TPSA) is 49.3 Å². The van der Waals surface area contributed by atoms with E-state index in [1.165, 1.54) is 5.31 Å². The SMILES string of the molecule is CC1=C(C(=O)O)C(c2ccccc2Cl)C(P(C(C)C)C(C)C)=C(C)N1. The fraction of sp³-hybridized carbons (Fsp3) is 0.450. The number of halogens is 1. The maximum absolute atomic E-state index is 12.1. The highest BCUT2D eigenvalue weighted by molar-refractivity contribution is 7.63. The summed E-state index contributed by atoms with van der Waals surface area (Å²) in [5.41, 5.74) is 3.97. The van der Waals surface area contributed by atoms with Gasteiger partial charge in [0.25, 0.3) is 0 Å². The molecule has 25 heavy (non-hydrogen) atoms. The Kier molecular flexibility index (Phi) is 6.35. The van der Waals surface area contributed by atoms with Crippen LogP contribution < -0.4 is 5.32 Å². The maximum atomic E-state index is 12.1. The van der Waals surface area contributed by atoms with E-state index >= 15 is 0 Å². The van der Waals surface area contributed by atoms with E-state index in [2.05, 4.69) is 39.9 Å². The highest BCUT2D eigenvalue weighted by Crippen LogP contribution is 2.62. The van der Waals surface area contributed by atoms with Crippen LogP contribution in [0.25, 0.3) is 0 Å². The summed E-state index contributed by atoms with van der Waals surface area (Å²) in [5, 5.41) is 15.1. The molecule has 0 amide bonds. The molecule has 1 aliphatic rings. The number of nitrogens with one attached hydrogen (secondary N) is 1. The summed E-state index contributed by atoms with van der Waals surface area (Å²) in [6, 6.07) is 7.61. The molecule has 1 unspecified atom stereocenters. The van der Waals surface area contributed by atoms with Crippen LogP contribution >= 0.6 is 19.5 Å². The zero-order chi connectivity index (χ0) is 18.9. The molecule has 3 nitrogen and oxygen atoms in total. The summed E-state index contributed by atoms with van der Waals surface area (Å²) in [4.78, 5) is 12.1. The monoisotopic (exact) mass is 379 g/mol. The summed E-state index contributed by atoms with van der Waals surface area (Å²) < 4.78 is 0. The molecule has 0 aromatic heterocycles. The van der Waals surface area contributed by atoms with E-state index in [0.717, 1.165) is 11.3 Å². The smallest absolute Gasteiger partial charge is 0.334 e. The summed E-state index contributed by atoms with van der Waals surface area (Å²) in [6.45, 7) is 12.8. The molecular weight excluding hydrogens is 353 g/mol. The maximum Gasteiger partial charge on any atom is 0.334 e. The van der Waals surface area contributed by atoms with Crippen molar-refractivity contribution >= 4 is 25.5 Å². The van der Waals surface area contributed by atoms with Crippen LogP contribution in [-0.2, 0) is 4.79 Å². The number of benzene rings is 1. The predicted molar refractivity (Wildman–Crippen MR) is 108 cm³/mol. The van der Waals surface area contributed by atoms with Crippen molar-refractivity contribution in [3.63, 3.8) is 0 Å². The van der Waals surface area contributed by atoms with Crippen molar-refractivity contribution in [1.29, 1.82) is 0 Å². The molecule has 2 N–H and O–H groups in total. The number of rotatable bonds is 5. The van der Waals surface area contributed by atoms with E-state index in [0.29, 0.717) is 27.6 Å². The molecule has 0 bridgehead atoms. The van der Waals surface area contributed by atoms with Gasteiger partial charge in [0.1, 0.15) is 0 Å². The number of hydrogen-bond donors (Lipinski definition) is 2. The van der Waals surface area contributed by atoms with Crippen LogP contribution in [0, 0.1) is 0 Å². The van der Waals surface area contributed by atoms with Crippen LogP contribution in [-0.4, -0.2) is 22.4 Å². The third-order valence-electron chi connectivity index (χ3n) is 4.56. The lowest BCUT2D eigenvalue weighted by atomic mass is 9.86. The van der Waals surface area contributed by atoms with Crippen molar-refractivity contribution in [1.82, 2.24) is 5.32 Å². The van der Waals surface area contributed by atoms with Gasteiger partial charge >= 0.3 is 5.97 Å². The van der Waals surface area contributed by atoms with Crippen molar-refractivity contribution in [2.24, 2.45) is 0 Å². The van der Waals surface area contributed by atoms with E-state index < -0.39 is 13.9 Å². The molecule has 1 heterocycles. The largest absolute Gasteiger partial charge is 0.478 e. The fourth-order valence-electron chi connectivity index (χ4n) is 3.77. The van der Waals surface area contributed by atoms with Gasteiger partial charge in [-0.1, -0.05) is 65.4 Å². The zero-order valence-corrected chi connectivity index (χ0v) is 17.4. The third-order valence-corrected chi connectivity index (χ3v) is 8.28. The Morgan fingerprint density at radius 1 is 1.12 bits per heavy atom. The standard InChI is InChI=1S/C20H27ClNO2P/c1-11(2)25(12(3)4)19-14(6)22-13(5)17(20(23)24)18(19)15-9-7-8-10-16(15)21/h7-12,18,22H,1-6H3,(H,23,24). The highest BCUT2D eigenvalue weighted by Gasteiger charge is 2.39. The van der Waals surface area contributed by atoms with E-state index in [1.807, 2.05) is 31.2 Å². The number of hydrogen-bond acceptors (Lipinski definition) is 2. The minimum absolute atomic E-state index is 0.302. The number of allylic oxidation sites excluding steroid dienone is 3. The summed E-state index contributed by atoms with van der Waals surface area (Å²) in [7, 11) is -0.521. The average molecular weight is 380 g/mol. The van der Waals surface area contributed by atoms with Crippen molar-refractivity contribution in [2.75, 3.05) is 0 Å². The molecule has 1 aromatic rings. The first kappa shape index (κ1) is 20.0. The Labute approximate surface area is 156 Å². The van der Waals surface area contributed by atoms with Crippen LogP contribution in [0.2, 0.25) is 5.02 Å². The molecule has 5 heteroatoms. The molecule has 2 rings (SSSR count). The number of carbonyl (C=O) groups is 1. The summed E-state index contributed by atoms with van der Waals surface area (Å²) in [5.74, 6) is -1.19. The molecule has 1 aliphatic heterocycles. The first-order chi connectivity index (χ1) is 11.7. The minimum atomic E-state index is -0.887. The van der Waals surface area contributed by atoms with E-state index in [4.69, 9.17) is 11.6 Å². The normalized spacial score (nSPS) is 18.4. The molecule has 0 saturated heterocycles. The summed E-state index contributed by atoms with van der Waals surface area (Å²) in [6.07, 6.45) is 0. The lowest BCUT2D eigenvalue weighted by molar-refractivity contribution is -0.133. The van der Waals surface area contributed by atoms with Gasteiger partial charge in [0.2, 0.25) is 0 Å². The van der Waals surface area contributed by atoms with Crippen molar-refractivity contribution in [3.05, 3.63) is 57.1 Å². The third kappa shape index (κ3) is 3.93. The first-order valence-electron chi connectivity index (χ1n) is 8.61. The second-order valence-electron chi connectivity index (χ2n) is 7.03. The lowest BCUT2D eigenvalue weighted by Gasteiger charge is -2.39. The van der Waals surface area contributed by atoms with Gasteiger partial charge < -0.3 is 10.4 Å². The summed E-state index contributed by atoms with van der Waals surface area (Å²) >= 11 is 6.50. The van der Waals surface area contributed by atoms with Crippen LogP contribution in [0.15, 0.2) is 46.5 Å². The molecule has 0 radical (unpaired) electrons. The van der Waals surface area contributed by atoms with Crippen molar-refractivity contribution in [3.8, 4) is 0 Å². The molecule has 0 aliphatic carbocycles. The van der Waals surface area contributed by atoms with Gasteiger partial charge in [-0.2, -0.15) is 0 Å². The Morgan fingerprint density at radius 2 is 1.68 bits per heavy atom. The minimum Gasteiger partial charge on any atom is -0.478 e. The van der Waals surface area contributed by atoms with Crippen LogP contribution in [0.5, 0.6) is 0 Å². The van der Waals surface area contributed by atoms with Crippen molar-refractivity contribution in [2.45, 2.75) is 58.8 Å². The Bertz CT molecular complexity index is 729. The molecule has 0 fully saturated rings. The Morgan fingerprint density at radius 3 is 2.16 bits per heavy atom. The Hall–Kier alpha value is -1.31. The van der Waals surface area contributed by atoms with Gasteiger partial charge in [-0.05, 0) is 42.1 Å². The first-order valence-corrected chi connectivity index (χ1v) is 10.5. The number of dihydropyridines is 1. The quantitative estimate of drug-likeness (QED) is 0.624. The van der Waals surface area contributed by atoms with E-state index in [9.17, 15) is 9.90 Å². The van der Waals surface area contributed by atoms with Crippen LogP contribution in [0.1, 0.15) is 53.0 Å². The van der Waals surface area contributed by atoms with Gasteiger partial charge in [-0.3, -0.25) is 0 Å². The Balaban J connectivity index is 2.76. The van der Waals surface area contributed by atoms with E-state index in [1.54, 1.807) is 0 Å². The highest BCUT2D eigenvalue weighted by atomic mass is 35.5. The number of carboxylic acid groups (broad SMARTS) is 1. The van der Waals surface area contributed by atoms with Gasteiger partial charge in [-0.15, -0.1) is 0 Å². The van der Waals surface area contributed by atoms with E-state index in [-0.39, 0.29) is 5.92 Å². The van der Waals surface area contributed by atoms with Gasteiger partial charge in [0.15, 0.2) is 0 Å². The lowest BCUT2D eigenvalue weighted by Crippen LogP contribution is -2.29. The molecule has 0 saturated carbocycles. The van der Waals surface area contributed by atoms with Crippen LogP contribution in [0.4, 0.5) is 0 Å². The average Bonchev–Trinajstić information content (AvgIpc) is 2.48. The zero-order valence-electron chi connectivity index (χ0n) is 15.7. The predicted octanol–water partition coefficient (Wildman–Crippen LogP) is 5.92. The van der Waals surface area contributed by atoms with Gasteiger partial charge in [0, 0.05) is 22.3 Å². The molecule has 0 spiro atoms. The van der Waals surface area contributed by atoms with Crippen LogP contribution in [0.3, 0.4) is 0 Å². The molecule has 1 aromatic carbocycles.